The van der Waals surface area contributed by atoms with Crippen LogP contribution in [-0.4, -0.2) is 24.7 Å². The van der Waals surface area contributed by atoms with E-state index in [0.29, 0.717) is 0 Å². The molecule has 2 heterocycles. The van der Waals surface area contributed by atoms with E-state index in [1.165, 1.54) is 5.56 Å². The van der Waals surface area contributed by atoms with Gasteiger partial charge in [0.15, 0.2) is 0 Å². The summed E-state index contributed by atoms with van der Waals surface area (Å²) in [5.41, 5.74) is 11.7. The van der Waals surface area contributed by atoms with Crippen LogP contribution in [0.25, 0.3) is 61.0 Å². The zero-order chi connectivity index (χ0) is 33.2. The second-order valence-electron chi connectivity index (χ2n) is 14.7. The Kier molecular flexibility index (Phi) is 7.12. The summed E-state index contributed by atoms with van der Waals surface area (Å²) < 4.78 is 3.98. The molecule has 236 valence electrons. The van der Waals surface area contributed by atoms with Crippen LogP contribution in [0.5, 0.6) is 5.75 Å². The minimum atomic E-state index is -0.248. The van der Waals surface area contributed by atoms with Crippen LogP contribution in [0, 0.1) is 6.92 Å². The fourth-order valence-electron chi connectivity index (χ4n) is 6.54. The summed E-state index contributed by atoms with van der Waals surface area (Å²) in [7, 11) is 2.00. The van der Waals surface area contributed by atoms with Crippen molar-refractivity contribution in [2.75, 3.05) is 0 Å². The van der Waals surface area contributed by atoms with Crippen LogP contribution in [0.4, 0.5) is 0 Å². The SMILES string of the molecule is Cc1c2cccc(-c3cc(-c4ccccc4)cc(-n4nc(-c5cc(C(C)(C)C)cc(C(C)(C)C)c5O)c5ccccc54)c3)c2nn1C. The molecule has 0 atom stereocenters. The van der Waals surface area contributed by atoms with E-state index in [1.54, 1.807) is 0 Å². The Balaban J connectivity index is 1.52. The highest BCUT2D eigenvalue weighted by atomic mass is 16.3. The number of fused-ring (bicyclic) bond motifs is 2. The number of aryl methyl sites for hydroxylation is 2. The molecule has 47 heavy (non-hydrogen) atoms. The number of benzene rings is 5. The molecule has 0 aliphatic rings. The van der Waals surface area contributed by atoms with E-state index in [9.17, 15) is 5.11 Å². The molecule has 7 rings (SSSR count). The Morgan fingerprint density at radius 3 is 2.02 bits per heavy atom. The van der Waals surface area contributed by atoms with Crippen molar-refractivity contribution in [3.8, 4) is 44.9 Å². The number of aromatic nitrogens is 4. The number of para-hydroxylation sites is 1. The van der Waals surface area contributed by atoms with E-state index in [1.807, 2.05) is 28.5 Å². The zero-order valence-electron chi connectivity index (χ0n) is 28.6. The van der Waals surface area contributed by atoms with Crippen molar-refractivity contribution in [2.45, 2.75) is 59.3 Å². The number of hydrogen-bond acceptors (Lipinski definition) is 3. The number of nitrogens with zero attached hydrogens (tertiary/aromatic N) is 4. The van der Waals surface area contributed by atoms with Crippen molar-refractivity contribution in [1.82, 2.24) is 19.6 Å². The third-order valence-electron chi connectivity index (χ3n) is 9.37. The predicted octanol–water partition coefficient (Wildman–Crippen LogP) is 10.5. The van der Waals surface area contributed by atoms with Gasteiger partial charge < -0.3 is 5.11 Å². The monoisotopic (exact) mass is 618 g/mol. The van der Waals surface area contributed by atoms with Gasteiger partial charge in [-0.1, -0.05) is 114 Å². The molecule has 1 N–H and O–H groups in total. The van der Waals surface area contributed by atoms with Crippen LogP contribution >= 0.6 is 0 Å². The molecular weight excluding hydrogens is 576 g/mol. The molecule has 5 nitrogen and oxygen atoms in total. The molecule has 0 amide bonds. The van der Waals surface area contributed by atoms with Crippen LogP contribution in [-0.2, 0) is 17.9 Å². The van der Waals surface area contributed by atoms with Crippen LogP contribution in [0.1, 0.15) is 58.4 Å². The summed E-state index contributed by atoms with van der Waals surface area (Å²) in [6, 6.07) is 36.1. The maximum atomic E-state index is 11.9. The molecule has 0 aliphatic heterocycles. The Hall–Kier alpha value is -5.16. The number of hydrogen-bond donors (Lipinski definition) is 1. The van der Waals surface area contributed by atoms with Crippen LogP contribution < -0.4 is 0 Å². The van der Waals surface area contributed by atoms with Gasteiger partial charge in [0.25, 0.3) is 0 Å². The number of aromatic hydroxyl groups is 1. The molecule has 0 radical (unpaired) electrons. The van der Waals surface area contributed by atoms with E-state index in [0.717, 1.165) is 72.3 Å². The number of phenolic OH excluding ortho intramolecular Hbond substituents is 1. The van der Waals surface area contributed by atoms with E-state index in [-0.39, 0.29) is 16.6 Å². The quantitative estimate of drug-likeness (QED) is 0.214. The fraction of sp³-hybridized carbons (Fsp3) is 0.238. The van der Waals surface area contributed by atoms with E-state index in [4.69, 9.17) is 10.2 Å². The molecular formula is C42H42N4O. The van der Waals surface area contributed by atoms with Crippen LogP contribution in [0.2, 0.25) is 0 Å². The van der Waals surface area contributed by atoms with Crippen molar-refractivity contribution >= 4 is 21.8 Å². The van der Waals surface area contributed by atoms with E-state index < -0.39 is 0 Å². The van der Waals surface area contributed by atoms with Gasteiger partial charge in [-0.25, -0.2) is 4.68 Å². The molecule has 7 aromatic rings. The van der Waals surface area contributed by atoms with Crippen molar-refractivity contribution in [3.05, 3.63) is 120 Å². The van der Waals surface area contributed by atoms with Crippen molar-refractivity contribution in [3.63, 3.8) is 0 Å². The Morgan fingerprint density at radius 2 is 1.30 bits per heavy atom. The lowest BCUT2D eigenvalue weighted by molar-refractivity contribution is 0.446. The maximum Gasteiger partial charge on any atom is 0.128 e. The Labute approximate surface area is 277 Å². The molecule has 5 heteroatoms. The molecule has 0 aliphatic carbocycles. The second kappa shape index (κ2) is 11.0. The topological polar surface area (TPSA) is 55.9 Å². The van der Waals surface area contributed by atoms with Crippen molar-refractivity contribution in [1.29, 1.82) is 0 Å². The average molecular weight is 619 g/mol. The largest absolute Gasteiger partial charge is 0.507 e. The molecule has 0 spiro atoms. The molecule has 0 saturated carbocycles. The molecule has 0 saturated heterocycles. The van der Waals surface area contributed by atoms with Gasteiger partial charge in [0, 0.05) is 40.2 Å². The first-order chi connectivity index (χ1) is 22.3. The molecule has 0 bridgehead atoms. The van der Waals surface area contributed by atoms with Crippen molar-refractivity contribution < 1.29 is 5.11 Å². The first-order valence-corrected chi connectivity index (χ1v) is 16.3. The minimum Gasteiger partial charge on any atom is -0.507 e. The molecule has 0 fully saturated rings. The average Bonchev–Trinajstić information content (AvgIpc) is 3.57. The van der Waals surface area contributed by atoms with Gasteiger partial charge >= 0.3 is 0 Å². The van der Waals surface area contributed by atoms with Gasteiger partial charge in [0.05, 0.1) is 11.2 Å². The summed E-state index contributed by atoms with van der Waals surface area (Å²) in [5.74, 6) is 0.289. The summed E-state index contributed by atoms with van der Waals surface area (Å²) in [6.07, 6.45) is 0. The smallest absolute Gasteiger partial charge is 0.128 e. The first-order valence-electron chi connectivity index (χ1n) is 16.3. The summed E-state index contributed by atoms with van der Waals surface area (Å²) in [6.45, 7) is 15.2. The van der Waals surface area contributed by atoms with Gasteiger partial charge in [-0.05, 0) is 70.3 Å². The Bertz CT molecular complexity index is 2290. The van der Waals surface area contributed by atoms with Crippen molar-refractivity contribution in [2.24, 2.45) is 7.05 Å². The lowest BCUT2D eigenvalue weighted by Gasteiger charge is -2.27. The third-order valence-corrected chi connectivity index (χ3v) is 9.37. The summed E-state index contributed by atoms with van der Waals surface area (Å²) in [5, 5.41) is 24.2. The highest BCUT2D eigenvalue weighted by Crippen LogP contribution is 2.44. The summed E-state index contributed by atoms with van der Waals surface area (Å²) >= 11 is 0. The second-order valence-corrected chi connectivity index (χ2v) is 14.7. The van der Waals surface area contributed by atoms with Crippen LogP contribution in [0.3, 0.4) is 0 Å². The normalized spacial score (nSPS) is 12.3. The summed E-state index contributed by atoms with van der Waals surface area (Å²) in [4.78, 5) is 0. The number of phenols is 1. The van der Waals surface area contributed by atoms with Gasteiger partial charge in [-0.3, -0.25) is 4.68 Å². The standard InChI is InChI=1S/C42H42N4O/c1-26-32-18-14-19-33(38(32)43-45(26)8)29-21-28(27-15-10-9-11-16-27)22-31(23-29)46-37-20-13-12-17-34(37)39(44-46)35-24-30(41(2,3)4)25-36(40(35)47)42(5,6)7/h9-25,47H,1-8H3. The van der Waals surface area contributed by atoms with E-state index >= 15 is 0 Å². The fourth-order valence-corrected chi connectivity index (χ4v) is 6.54. The Morgan fingerprint density at radius 1 is 0.617 bits per heavy atom. The predicted molar refractivity (Wildman–Crippen MR) is 195 cm³/mol. The first kappa shape index (κ1) is 30.5. The lowest BCUT2D eigenvalue weighted by Crippen LogP contribution is -2.17. The zero-order valence-corrected chi connectivity index (χ0v) is 28.6. The third kappa shape index (κ3) is 5.30. The van der Waals surface area contributed by atoms with Gasteiger partial charge in [-0.15, -0.1) is 0 Å². The lowest BCUT2D eigenvalue weighted by atomic mass is 9.78. The van der Waals surface area contributed by atoms with Gasteiger partial charge in [-0.2, -0.15) is 10.2 Å². The van der Waals surface area contributed by atoms with E-state index in [2.05, 4.69) is 139 Å². The van der Waals surface area contributed by atoms with Crippen LogP contribution in [0.15, 0.2) is 103 Å². The highest BCUT2D eigenvalue weighted by Gasteiger charge is 2.28. The maximum absolute atomic E-state index is 11.9. The minimum absolute atomic E-state index is 0.107. The highest BCUT2D eigenvalue weighted by molar-refractivity contribution is 5.98. The van der Waals surface area contributed by atoms with Gasteiger partial charge in [0.2, 0.25) is 0 Å². The molecule has 2 aromatic heterocycles. The van der Waals surface area contributed by atoms with Gasteiger partial charge in [0.1, 0.15) is 17.0 Å². The molecule has 5 aromatic carbocycles. The molecule has 0 unspecified atom stereocenters. The number of rotatable bonds is 4.